The molecule has 16 heavy (non-hydrogen) atoms. The van der Waals surface area contributed by atoms with Crippen molar-refractivity contribution in [3.63, 3.8) is 0 Å². The van der Waals surface area contributed by atoms with Crippen LogP contribution in [0.4, 0.5) is 13.2 Å². The highest BCUT2D eigenvalue weighted by Crippen LogP contribution is 2.16. The second-order valence-electron chi connectivity index (χ2n) is 3.93. The molecule has 94 valence electrons. The van der Waals surface area contributed by atoms with E-state index in [0.717, 1.165) is 0 Å². The van der Waals surface area contributed by atoms with E-state index >= 15 is 0 Å². The maximum atomic E-state index is 11.7. The number of piperidine rings is 1. The molecule has 0 aliphatic carbocycles. The first-order chi connectivity index (χ1) is 7.49. The maximum Gasteiger partial charge on any atom is 0.411 e. The summed E-state index contributed by atoms with van der Waals surface area (Å²) in [4.78, 5) is 11.4. The van der Waals surface area contributed by atoms with Gasteiger partial charge in [0.1, 0.15) is 12.4 Å². The van der Waals surface area contributed by atoms with Gasteiger partial charge in [-0.3, -0.25) is 4.79 Å². The molecule has 1 atom stereocenters. The van der Waals surface area contributed by atoms with Gasteiger partial charge in [0.05, 0.1) is 0 Å². The van der Waals surface area contributed by atoms with Crippen LogP contribution in [-0.4, -0.2) is 38.3 Å². The van der Waals surface area contributed by atoms with E-state index in [1.54, 1.807) is 0 Å². The molecule has 0 bridgehead atoms. The van der Waals surface area contributed by atoms with Crippen LogP contribution in [0.3, 0.4) is 0 Å². The van der Waals surface area contributed by atoms with Crippen molar-refractivity contribution in [1.29, 1.82) is 0 Å². The molecule has 0 aromatic carbocycles. The van der Waals surface area contributed by atoms with Crippen LogP contribution in [0.2, 0.25) is 0 Å². The van der Waals surface area contributed by atoms with E-state index in [0.29, 0.717) is 32.4 Å². The summed E-state index contributed by atoms with van der Waals surface area (Å²) in [6.07, 6.45) is -2.64. The lowest BCUT2D eigenvalue weighted by molar-refractivity contribution is -0.174. The molecule has 3 nitrogen and oxygen atoms in total. The number of rotatable bonds is 5. The van der Waals surface area contributed by atoms with Gasteiger partial charge in [0.25, 0.3) is 0 Å². The summed E-state index contributed by atoms with van der Waals surface area (Å²) in [6.45, 7) is 0.200. The van der Waals surface area contributed by atoms with Gasteiger partial charge in [-0.05, 0) is 12.8 Å². The molecule has 1 saturated heterocycles. The molecule has 1 heterocycles. The molecule has 6 heteroatoms. The topological polar surface area (TPSA) is 38.3 Å². The van der Waals surface area contributed by atoms with Crippen molar-refractivity contribution in [2.75, 3.05) is 26.3 Å². The van der Waals surface area contributed by atoms with Crippen molar-refractivity contribution in [3.8, 4) is 0 Å². The van der Waals surface area contributed by atoms with Gasteiger partial charge < -0.3 is 10.1 Å². The van der Waals surface area contributed by atoms with Crippen LogP contribution in [0, 0.1) is 5.92 Å². The Balaban J connectivity index is 2.04. The number of carbonyl (C=O) groups excluding carboxylic acids is 1. The summed E-state index contributed by atoms with van der Waals surface area (Å²) < 4.78 is 39.6. The third-order valence-corrected chi connectivity index (χ3v) is 2.50. The van der Waals surface area contributed by atoms with Crippen LogP contribution < -0.4 is 5.32 Å². The Kier molecular flexibility index (Phi) is 5.21. The van der Waals surface area contributed by atoms with E-state index in [4.69, 9.17) is 0 Å². The zero-order valence-electron chi connectivity index (χ0n) is 8.98. The zero-order chi connectivity index (χ0) is 12.0. The SMILES string of the molecule is O=C1CCNCC1CCCOCC(F)(F)F. The van der Waals surface area contributed by atoms with Crippen molar-refractivity contribution in [2.24, 2.45) is 5.92 Å². The Hall–Kier alpha value is -0.620. The Morgan fingerprint density at radius 2 is 2.19 bits per heavy atom. The van der Waals surface area contributed by atoms with Crippen molar-refractivity contribution in [1.82, 2.24) is 5.32 Å². The summed E-state index contributed by atoms with van der Waals surface area (Å²) in [5.41, 5.74) is 0. The third-order valence-electron chi connectivity index (χ3n) is 2.50. The van der Waals surface area contributed by atoms with Crippen LogP contribution >= 0.6 is 0 Å². The van der Waals surface area contributed by atoms with E-state index in [1.807, 2.05) is 0 Å². The molecule has 0 aromatic rings. The van der Waals surface area contributed by atoms with Crippen molar-refractivity contribution in [2.45, 2.75) is 25.4 Å². The van der Waals surface area contributed by atoms with Crippen molar-refractivity contribution >= 4 is 5.78 Å². The largest absolute Gasteiger partial charge is 0.411 e. The second-order valence-corrected chi connectivity index (χ2v) is 3.93. The average molecular weight is 239 g/mol. The van der Waals surface area contributed by atoms with Gasteiger partial charge in [0.15, 0.2) is 0 Å². The van der Waals surface area contributed by atoms with Crippen LogP contribution in [0.1, 0.15) is 19.3 Å². The quantitative estimate of drug-likeness (QED) is 0.739. The summed E-state index contributed by atoms with van der Waals surface area (Å²) in [7, 11) is 0. The fourth-order valence-electron chi connectivity index (χ4n) is 1.69. The third kappa shape index (κ3) is 5.46. The van der Waals surface area contributed by atoms with E-state index < -0.39 is 12.8 Å². The van der Waals surface area contributed by atoms with Gasteiger partial charge in [-0.15, -0.1) is 0 Å². The molecule has 0 saturated carbocycles. The second kappa shape index (κ2) is 6.20. The monoisotopic (exact) mass is 239 g/mol. The number of carbonyl (C=O) groups is 1. The van der Waals surface area contributed by atoms with Gasteiger partial charge in [0, 0.05) is 32.0 Å². The van der Waals surface area contributed by atoms with Crippen LogP contribution in [0.5, 0.6) is 0 Å². The summed E-state index contributed by atoms with van der Waals surface area (Å²) in [5.74, 6) is 0.151. The number of nitrogens with one attached hydrogen (secondary N) is 1. The molecule has 1 aliphatic rings. The predicted octanol–water partition coefficient (Wildman–Crippen LogP) is 1.52. The Morgan fingerprint density at radius 3 is 2.81 bits per heavy atom. The number of alkyl halides is 3. The molecular formula is C10H16F3NO2. The van der Waals surface area contributed by atoms with Crippen molar-refractivity contribution < 1.29 is 22.7 Å². The lowest BCUT2D eigenvalue weighted by atomic mass is 9.93. The molecule has 0 radical (unpaired) electrons. The molecule has 0 aromatic heterocycles. The number of Topliss-reactive ketones (excluding diaryl/α,β-unsaturated/α-hetero) is 1. The standard InChI is InChI=1S/C10H16F3NO2/c11-10(12,13)7-16-5-1-2-8-6-14-4-3-9(8)15/h8,14H,1-7H2. The molecule has 0 spiro atoms. The van der Waals surface area contributed by atoms with Gasteiger partial charge in [-0.25, -0.2) is 0 Å². The van der Waals surface area contributed by atoms with E-state index in [-0.39, 0.29) is 18.3 Å². The van der Waals surface area contributed by atoms with Gasteiger partial charge in [-0.2, -0.15) is 13.2 Å². The molecule has 1 rings (SSSR count). The van der Waals surface area contributed by atoms with Gasteiger partial charge in [-0.1, -0.05) is 0 Å². The highest BCUT2D eigenvalue weighted by molar-refractivity contribution is 5.82. The molecule has 1 N–H and O–H groups in total. The molecule has 0 amide bonds. The van der Waals surface area contributed by atoms with Gasteiger partial charge >= 0.3 is 6.18 Å². The Bertz CT molecular complexity index is 231. The number of halogens is 3. The average Bonchev–Trinajstić information content (AvgIpc) is 2.18. The smallest absolute Gasteiger partial charge is 0.372 e. The molecule has 1 unspecified atom stereocenters. The fourth-order valence-corrected chi connectivity index (χ4v) is 1.69. The molecule has 1 aliphatic heterocycles. The van der Waals surface area contributed by atoms with Gasteiger partial charge in [0.2, 0.25) is 0 Å². The van der Waals surface area contributed by atoms with Crippen LogP contribution in [0.15, 0.2) is 0 Å². The molecular weight excluding hydrogens is 223 g/mol. The predicted molar refractivity (Wildman–Crippen MR) is 52.1 cm³/mol. The normalized spacial score (nSPS) is 22.4. The summed E-state index contributed by atoms with van der Waals surface area (Å²) in [6, 6.07) is 0. The fraction of sp³-hybridized carbons (Fsp3) is 0.900. The maximum absolute atomic E-state index is 11.7. The summed E-state index contributed by atoms with van der Waals surface area (Å²) in [5, 5.41) is 3.09. The Labute approximate surface area is 92.3 Å². The lowest BCUT2D eigenvalue weighted by Gasteiger charge is -2.21. The highest BCUT2D eigenvalue weighted by atomic mass is 19.4. The number of hydrogen-bond donors (Lipinski definition) is 1. The number of ether oxygens (including phenoxy) is 1. The van der Waals surface area contributed by atoms with E-state index in [9.17, 15) is 18.0 Å². The first-order valence-electron chi connectivity index (χ1n) is 5.37. The van der Waals surface area contributed by atoms with Crippen LogP contribution in [-0.2, 0) is 9.53 Å². The minimum absolute atomic E-state index is 0.0526. The van der Waals surface area contributed by atoms with Crippen LogP contribution in [0.25, 0.3) is 0 Å². The number of hydrogen-bond acceptors (Lipinski definition) is 3. The first kappa shape index (κ1) is 13.4. The zero-order valence-corrected chi connectivity index (χ0v) is 8.98. The Morgan fingerprint density at radius 1 is 1.44 bits per heavy atom. The minimum atomic E-state index is -4.26. The van der Waals surface area contributed by atoms with E-state index in [2.05, 4.69) is 10.1 Å². The minimum Gasteiger partial charge on any atom is -0.372 e. The summed E-state index contributed by atoms with van der Waals surface area (Å²) >= 11 is 0. The van der Waals surface area contributed by atoms with Crippen molar-refractivity contribution in [3.05, 3.63) is 0 Å². The van der Waals surface area contributed by atoms with E-state index in [1.165, 1.54) is 0 Å². The number of ketones is 1. The lowest BCUT2D eigenvalue weighted by Crippen LogP contribution is -2.36. The molecule has 1 fully saturated rings. The first-order valence-corrected chi connectivity index (χ1v) is 5.37. The highest BCUT2D eigenvalue weighted by Gasteiger charge is 2.27.